The van der Waals surface area contributed by atoms with Gasteiger partial charge in [-0.1, -0.05) is 0 Å². The average Bonchev–Trinajstić information content (AvgIpc) is 2.71. The first-order valence-corrected chi connectivity index (χ1v) is 3.72. The Bertz CT molecular complexity index is 395. The number of aromatic nitrogens is 2. The summed E-state index contributed by atoms with van der Waals surface area (Å²) in [6, 6.07) is 3.24. The number of carbonyl (C=O) groups excluding carboxylic acids is 1. The maximum absolute atomic E-state index is 11.5. The van der Waals surface area contributed by atoms with Crippen LogP contribution >= 0.6 is 0 Å². The summed E-state index contributed by atoms with van der Waals surface area (Å²) in [6.45, 7) is 0. The SMILES string of the molecule is O=C(c1ccoc1)c1ncccn1. The first-order chi connectivity index (χ1) is 6.38. The van der Waals surface area contributed by atoms with Gasteiger partial charge in [0.1, 0.15) is 6.26 Å². The van der Waals surface area contributed by atoms with Crippen LogP contribution in [-0.4, -0.2) is 15.8 Å². The van der Waals surface area contributed by atoms with Crippen LogP contribution in [0.5, 0.6) is 0 Å². The molecule has 64 valence electrons. The lowest BCUT2D eigenvalue weighted by molar-refractivity contribution is 0.102. The fourth-order valence-electron chi connectivity index (χ4n) is 0.939. The fraction of sp³-hybridized carbons (Fsp3) is 0. The number of ketones is 1. The van der Waals surface area contributed by atoms with Crippen molar-refractivity contribution in [3.63, 3.8) is 0 Å². The minimum Gasteiger partial charge on any atom is -0.472 e. The molecule has 0 saturated carbocycles. The lowest BCUT2D eigenvalue weighted by atomic mass is 10.2. The number of hydrogen-bond donors (Lipinski definition) is 0. The van der Waals surface area contributed by atoms with E-state index >= 15 is 0 Å². The van der Waals surface area contributed by atoms with E-state index < -0.39 is 0 Å². The largest absolute Gasteiger partial charge is 0.472 e. The van der Waals surface area contributed by atoms with Gasteiger partial charge < -0.3 is 4.42 Å². The van der Waals surface area contributed by atoms with E-state index in [0.29, 0.717) is 5.56 Å². The Labute approximate surface area is 74.2 Å². The van der Waals surface area contributed by atoms with Crippen LogP contribution in [0.4, 0.5) is 0 Å². The molecule has 0 saturated heterocycles. The molecule has 0 atom stereocenters. The third kappa shape index (κ3) is 1.46. The van der Waals surface area contributed by atoms with Crippen LogP contribution in [0, 0.1) is 0 Å². The fourth-order valence-corrected chi connectivity index (χ4v) is 0.939. The molecule has 2 rings (SSSR count). The quantitative estimate of drug-likeness (QED) is 0.644. The molecule has 0 spiro atoms. The van der Waals surface area contributed by atoms with Gasteiger partial charge in [0.25, 0.3) is 0 Å². The smallest absolute Gasteiger partial charge is 0.233 e. The molecule has 0 fully saturated rings. The summed E-state index contributed by atoms with van der Waals surface area (Å²) < 4.78 is 4.78. The highest BCUT2D eigenvalue weighted by Gasteiger charge is 2.11. The lowest BCUT2D eigenvalue weighted by Crippen LogP contribution is -2.04. The van der Waals surface area contributed by atoms with Crippen molar-refractivity contribution in [2.24, 2.45) is 0 Å². The Morgan fingerprint density at radius 3 is 2.69 bits per heavy atom. The third-order valence-corrected chi connectivity index (χ3v) is 1.55. The van der Waals surface area contributed by atoms with Crippen molar-refractivity contribution in [2.75, 3.05) is 0 Å². The van der Waals surface area contributed by atoms with Crippen LogP contribution < -0.4 is 0 Å². The Hall–Kier alpha value is -1.97. The van der Waals surface area contributed by atoms with E-state index in [9.17, 15) is 4.79 Å². The van der Waals surface area contributed by atoms with Crippen molar-refractivity contribution >= 4 is 5.78 Å². The van der Waals surface area contributed by atoms with Crippen molar-refractivity contribution in [2.45, 2.75) is 0 Å². The van der Waals surface area contributed by atoms with E-state index in [1.807, 2.05) is 0 Å². The van der Waals surface area contributed by atoms with E-state index in [1.54, 1.807) is 12.1 Å². The molecule has 0 amide bonds. The summed E-state index contributed by atoms with van der Waals surface area (Å²) in [5.74, 6) is -0.0433. The molecule has 0 aliphatic carbocycles. The van der Waals surface area contributed by atoms with Gasteiger partial charge in [0.15, 0.2) is 0 Å². The third-order valence-electron chi connectivity index (χ3n) is 1.55. The van der Waals surface area contributed by atoms with Gasteiger partial charge in [-0.25, -0.2) is 9.97 Å². The number of hydrogen-bond acceptors (Lipinski definition) is 4. The maximum atomic E-state index is 11.5. The topological polar surface area (TPSA) is 56.0 Å². The molecule has 0 unspecified atom stereocenters. The zero-order valence-electron chi connectivity index (χ0n) is 6.68. The molecule has 2 heterocycles. The average molecular weight is 174 g/mol. The highest BCUT2D eigenvalue weighted by Crippen LogP contribution is 2.05. The second-order valence-corrected chi connectivity index (χ2v) is 2.41. The number of carbonyl (C=O) groups is 1. The van der Waals surface area contributed by atoms with Gasteiger partial charge >= 0.3 is 0 Å². The first kappa shape index (κ1) is 7.67. The number of rotatable bonds is 2. The number of furan rings is 1. The minimum atomic E-state index is -0.227. The predicted octanol–water partition coefficient (Wildman–Crippen LogP) is 1.30. The molecule has 0 aromatic carbocycles. The molecule has 2 aromatic heterocycles. The minimum absolute atomic E-state index is 0.184. The zero-order valence-corrected chi connectivity index (χ0v) is 6.68. The van der Waals surface area contributed by atoms with Gasteiger partial charge in [-0.2, -0.15) is 0 Å². The summed E-state index contributed by atoms with van der Waals surface area (Å²) in [7, 11) is 0. The Kier molecular flexibility index (Phi) is 1.88. The van der Waals surface area contributed by atoms with Crippen molar-refractivity contribution in [1.29, 1.82) is 0 Å². The lowest BCUT2D eigenvalue weighted by Gasteiger charge is -1.92. The van der Waals surface area contributed by atoms with Crippen molar-refractivity contribution in [1.82, 2.24) is 9.97 Å². The second kappa shape index (κ2) is 3.18. The molecule has 0 aliphatic rings. The predicted molar refractivity (Wildman–Crippen MR) is 44.2 cm³/mol. The van der Waals surface area contributed by atoms with Crippen LogP contribution in [0.15, 0.2) is 41.5 Å². The van der Waals surface area contributed by atoms with E-state index in [-0.39, 0.29) is 11.6 Å². The highest BCUT2D eigenvalue weighted by molar-refractivity contribution is 6.06. The molecular formula is C9H6N2O2. The van der Waals surface area contributed by atoms with Crippen molar-refractivity contribution in [3.05, 3.63) is 48.4 Å². The summed E-state index contributed by atoms with van der Waals surface area (Å²) in [4.78, 5) is 19.2. The normalized spacial score (nSPS) is 9.85. The van der Waals surface area contributed by atoms with Gasteiger partial charge in [-0.3, -0.25) is 4.79 Å². The van der Waals surface area contributed by atoms with E-state index in [2.05, 4.69) is 9.97 Å². The monoisotopic (exact) mass is 174 g/mol. The zero-order chi connectivity index (χ0) is 9.10. The van der Waals surface area contributed by atoms with Crippen LogP contribution in [0.25, 0.3) is 0 Å². The van der Waals surface area contributed by atoms with Gasteiger partial charge in [0, 0.05) is 12.4 Å². The second-order valence-electron chi connectivity index (χ2n) is 2.41. The summed E-state index contributed by atoms with van der Waals surface area (Å²) in [5, 5.41) is 0. The standard InChI is InChI=1S/C9H6N2O2/c12-8(7-2-5-13-6-7)9-10-3-1-4-11-9/h1-6H. The Balaban J connectivity index is 2.34. The van der Waals surface area contributed by atoms with Crippen LogP contribution in [0.2, 0.25) is 0 Å². The molecule has 0 N–H and O–H groups in total. The Morgan fingerprint density at radius 1 is 1.31 bits per heavy atom. The van der Waals surface area contributed by atoms with E-state index in [1.165, 1.54) is 24.9 Å². The molecular weight excluding hydrogens is 168 g/mol. The van der Waals surface area contributed by atoms with Crippen LogP contribution in [0.1, 0.15) is 16.2 Å². The van der Waals surface area contributed by atoms with E-state index in [0.717, 1.165) is 0 Å². The molecule has 4 nitrogen and oxygen atoms in total. The molecule has 4 heteroatoms. The van der Waals surface area contributed by atoms with Crippen LogP contribution in [-0.2, 0) is 0 Å². The summed E-state index contributed by atoms with van der Waals surface area (Å²) in [6.07, 6.45) is 5.87. The maximum Gasteiger partial charge on any atom is 0.233 e. The first-order valence-electron chi connectivity index (χ1n) is 3.72. The van der Waals surface area contributed by atoms with Gasteiger partial charge in [0.05, 0.1) is 11.8 Å². The summed E-state index contributed by atoms with van der Waals surface area (Å²) >= 11 is 0. The molecule has 2 aromatic rings. The molecule has 0 radical (unpaired) electrons. The van der Waals surface area contributed by atoms with E-state index in [4.69, 9.17) is 4.42 Å². The Morgan fingerprint density at radius 2 is 2.08 bits per heavy atom. The highest BCUT2D eigenvalue weighted by atomic mass is 16.3. The number of nitrogens with zero attached hydrogens (tertiary/aromatic N) is 2. The van der Waals surface area contributed by atoms with Crippen LogP contribution in [0.3, 0.4) is 0 Å². The van der Waals surface area contributed by atoms with Crippen molar-refractivity contribution in [3.8, 4) is 0 Å². The molecule has 0 bridgehead atoms. The van der Waals surface area contributed by atoms with Gasteiger partial charge in [-0.05, 0) is 12.1 Å². The molecule has 13 heavy (non-hydrogen) atoms. The molecule has 0 aliphatic heterocycles. The summed E-state index contributed by atoms with van der Waals surface area (Å²) in [5.41, 5.74) is 0.464. The van der Waals surface area contributed by atoms with Crippen molar-refractivity contribution < 1.29 is 9.21 Å². The van der Waals surface area contributed by atoms with Gasteiger partial charge in [-0.15, -0.1) is 0 Å². The van der Waals surface area contributed by atoms with Gasteiger partial charge in [0.2, 0.25) is 11.6 Å².